The second kappa shape index (κ2) is 5.98. The minimum atomic E-state index is -0.0162. The van der Waals surface area contributed by atoms with E-state index in [0.717, 1.165) is 5.56 Å². The third kappa shape index (κ3) is 3.09. The van der Waals surface area contributed by atoms with Crippen LogP contribution in [0.25, 0.3) is 0 Å². The number of hydrogen-bond acceptors (Lipinski definition) is 3. The van der Waals surface area contributed by atoms with Gasteiger partial charge >= 0.3 is 0 Å². The SMILES string of the molecule is Cc1ccc(CN2C(=O)COCC2CCO)cc1. The molecule has 0 aromatic heterocycles. The maximum Gasteiger partial charge on any atom is 0.249 e. The maximum absolute atomic E-state index is 11.9. The van der Waals surface area contributed by atoms with Gasteiger partial charge in [-0.3, -0.25) is 4.79 Å². The average Bonchev–Trinajstić information content (AvgIpc) is 2.36. The van der Waals surface area contributed by atoms with Gasteiger partial charge in [-0.05, 0) is 18.9 Å². The van der Waals surface area contributed by atoms with E-state index in [-0.39, 0.29) is 25.2 Å². The molecule has 18 heavy (non-hydrogen) atoms. The van der Waals surface area contributed by atoms with Crippen LogP contribution in [0, 0.1) is 6.92 Å². The van der Waals surface area contributed by atoms with Crippen molar-refractivity contribution in [2.24, 2.45) is 0 Å². The Bertz CT molecular complexity index is 400. The summed E-state index contributed by atoms with van der Waals surface area (Å²) in [5.74, 6) is 0.000255. The van der Waals surface area contributed by atoms with Crippen LogP contribution in [0.3, 0.4) is 0 Å². The minimum Gasteiger partial charge on any atom is -0.396 e. The lowest BCUT2D eigenvalue weighted by Gasteiger charge is -2.35. The molecule has 1 saturated heterocycles. The van der Waals surface area contributed by atoms with E-state index in [4.69, 9.17) is 9.84 Å². The molecule has 1 aromatic rings. The second-order valence-electron chi connectivity index (χ2n) is 4.69. The number of aliphatic hydroxyl groups is 1. The molecular formula is C14H19NO3. The Morgan fingerprint density at radius 1 is 1.39 bits per heavy atom. The number of amides is 1. The van der Waals surface area contributed by atoms with E-state index in [1.165, 1.54) is 5.56 Å². The lowest BCUT2D eigenvalue weighted by Crippen LogP contribution is -2.49. The third-order valence-corrected chi connectivity index (χ3v) is 3.23. The number of aliphatic hydroxyl groups excluding tert-OH is 1. The molecule has 0 saturated carbocycles. The number of carbonyl (C=O) groups is 1. The number of aryl methyl sites for hydroxylation is 1. The first kappa shape index (κ1) is 13.1. The van der Waals surface area contributed by atoms with Crippen molar-refractivity contribution in [1.82, 2.24) is 4.90 Å². The van der Waals surface area contributed by atoms with Gasteiger partial charge in [0.1, 0.15) is 6.61 Å². The van der Waals surface area contributed by atoms with Crippen molar-refractivity contribution in [3.8, 4) is 0 Å². The Morgan fingerprint density at radius 3 is 2.78 bits per heavy atom. The molecule has 1 amide bonds. The van der Waals surface area contributed by atoms with Gasteiger partial charge in [0.05, 0.1) is 12.6 Å². The molecule has 4 nitrogen and oxygen atoms in total. The number of benzene rings is 1. The Kier molecular flexibility index (Phi) is 4.33. The van der Waals surface area contributed by atoms with E-state index in [9.17, 15) is 4.79 Å². The molecule has 1 aromatic carbocycles. The molecule has 0 aliphatic carbocycles. The fourth-order valence-corrected chi connectivity index (χ4v) is 2.15. The van der Waals surface area contributed by atoms with Crippen molar-refractivity contribution in [1.29, 1.82) is 0 Å². The van der Waals surface area contributed by atoms with Crippen LogP contribution >= 0.6 is 0 Å². The molecule has 1 aliphatic heterocycles. The highest BCUT2D eigenvalue weighted by Crippen LogP contribution is 2.16. The third-order valence-electron chi connectivity index (χ3n) is 3.23. The van der Waals surface area contributed by atoms with Crippen molar-refractivity contribution in [2.75, 3.05) is 19.8 Å². The van der Waals surface area contributed by atoms with E-state index in [1.54, 1.807) is 0 Å². The monoisotopic (exact) mass is 249 g/mol. The molecule has 1 aliphatic rings. The van der Waals surface area contributed by atoms with Gasteiger partial charge in [0.25, 0.3) is 0 Å². The normalized spacial score (nSPS) is 20.2. The largest absolute Gasteiger partial charge is 0.396 e. The summed E-state index contributed by atoms with van der Waals surface area (Å²) in [4.78, 5) is 13.7. The van der Waals surface area contributed by atoms with Crippen molar-refractivity contribution in [3.05, 3.63) is 35.4 Å². The first-order valence-electron chi connectivity index (χ1n) is 6.24. The molecule has 0 spiro atoms. The molecule has 1 fully saturated rings. The van der Waals surface area contributed by atoms with Crippen molar-refractivity contribution in [2.45, 2.75) is 25.9 Å². The topological polar surface area (TPSA) is 49.8 Å². The summed E-state index contributed by atoms with van der Waals surface area (Å²) in [6.45, 7) is 3.36. The highest BCUT2D eigenvalue weighted by molar-refractivity contribution is 5.78. The summed E-state index contributed by atoms with van der Waals surface area (Å²) in [6.07, 6.45) is 0.567. The summed E-state index contributed by atoms with van der Waals surface area (Å²) >= 11 is 0. The van der Waals surface area contributed by atoms with Crippen LogP contribution in [0.2, 0.25) is 0 Å². The second-order valence-corrected chi connectivity index (χ2v) is 4.69. The first-order valence-corrected chi connectivity index (χ1v) is 6.24. The van der Waals surface area contributed by atoms with E-state index >= 15 is 0 Å². The summed E-state index contributed by atoms with van der Waals surface area (Å²) in [7, 11) is 0. The molecule has 0 radical (unpaired) electrons. The standard InChI is InChI=1S/C14H19NO3/c1-11-2-4-12(5-3-11)8-15-13(6-7-16)9-18-10-14(15)17/h2-5,13,16H,6-10H2,1H3. The molecule has 1 N–H and O–H groups in total. The Balaban J connectivity index is 2.08. The molecule has 0 bridgehead atoms. The van der Waals surface area contributed by atoms with Crippen molar-refractivity contribution in [3.63, 3.8) is 0 Å². The van der Waals surface area contributed by atoms with E-state index < -0.39 is 0 Å². The predicted octanol–water partition coefficient (Wildman–Crippen LogP) is 1.10. The van der Waals surface area contributed by atoms with Gasteiger partial charge < -0.3 is 14.7 Å². The number of ether oxygens (including phenoxy) is 1. The molecular weight excluding hydrogens is 230 g/mol. The summed E-state index contributed by atoms with van der Waals surface area (Å²) in [6, 6.07) is 8.14. The molecule has 1 heterocycles. The van der Waals surface area contributed by atoms with Gasteiger partial charge in [0, 0.05) is 13.2 Å². The van der Waals surface area contributed by atoms with Crippen molar-refractivity contribution < 1.29 is 14.6 Å². The molecule has 1 unspecified atom stereocenters. The zero-order chi connectivity index (χ0) is 13.0. The van der Waals surface area contributed by atoms with Crippen LogP contribution in [0.1, 0.15) is 17.5 Å². The van der Waals surface area contributed by atoms with Crippen LogP contribution < -0.4 is 0 Å². The Labute approximate surface area is 107 Å². The van der Waals surface area contributed by atoms with Gasteiger partial charge in [0.15, 0.2) is 0 Å². The highest BCUT2D eigenvalue weighted by Gasteiger charge is 2.28. The van der Waals surface area contributed by atoms with Gasteiger partial charge in [-0.2, -0.15) is 0 Å². The number of morpholine rings is 1. The lowest BCUT2D eigenvalue weighted by atomic mass is 10.1. The highest BCUT2D eigenvalue weighted by atomic mass is 16.5. The van der Waals surface area contributed by atoms with E-state index in [2.05, 4.69) is 0 Å². The van der Waals surface area contributed by atoms with Gasteiger partial charge in [-0.15, -0.1) is 0 Å². The fraction of sp³-hybridized carbons (Fsp3) is 0.500. The maximum atomic E-state index is 11.9. The smallest absolute Gasteiger partial charge is 0.249 e. The number of nitrogens with zero attached hydrogens (tertiary/aromatic N) is 1. The van der Waals surface area contributed by atoms with E-state index in [0.29, 0.717) is 19.6 Å². The summed E-state index contributed by atoms with van der Waals surface area (Å²) in [5.41, 5.74) is 2.32. The summed E-state index contributed by atoms with van der Waals surface area (Å²) < 4.78 is 5.23. The van der Waals surface area contributed by atoms with Gasteiger partial charge in [0.2, 0.25) is 5.91 Å². The van der Waals surface area contributed by atoms with E-state index in [1.807, 2.05) is 36.1 Å². The van der Waals surface area contributed by atoms with Crippen LogP contribution in [0.5, 0.6) is 0 Å². The van der Waals surface area contributed by atoms with Gasteiger partial charge in [-0.25, -0.2) is 0 Å². The molecule has 98 valence electrons. The quantitative estimate of drug-likeness (QED) is 0.869. The average molecular weight is 249 g/mol. The number of rotatable bonds is 4. The Hall–Kier alpha value is -1.39. The minimum absolute atomic E-state index is 0.000255. The summed E-state index contributed by atoms with van der Waals surface area (Å²) in [5, 5.41) is 9.03. The van der Waals surface area contributed by atoms with Gasteiger partial charge in [-0.1, -0.05) is 29.8 Å². The molecule has 2 rings (SSSR count). The molecule has 4 heteroatoms. The van der Waals surface area contributed by atoms with Crippen molar-refractivity contribution >= 4 is 5.91 Å². The van der Waals surface area contributed by atoms with Crippen LogP contribution in [0.15, 0.2) is 24.3 Å². The lowest BCUT2D eigenvalue weighted by molar-refractivity contribution is -0.149. The predicted molar refractivity (Wildman–Crippen MR) is 68.0 cm³/mol. The zero-order valence-corrected chi connectivity index (χ0v) is 10.6. The van der Waals surface area contributed by atoms with Crippen LogP contribution in [0.4, 0.5) is 0 Å². The zero-order valence-electron chi connectivity index (χ0n) is 10.6. The first-order chi connectivity index (χ1) is 8.70. The van der Waals surface area contributed by atoms with Crippen LogP contribution in [-0.4, -0.2) is 41.8 Å². The number of hydrogen-bond donors (Lipinski definition) is 1. The Morgan fingerprint density at radius 2 is 2.11 bits per heavy atom. The van der Waals surface area contributed by atoms with Crippen LogP contribution in [-0.2, 0) is 16.1 Å². The fourth-order valence-electron chi connectivity index (χ4n) is 2.15. The molecule has 1 atom stereocenters. The number of carbonyl (C=O) groups excluding carboxylic acids is 1.